The van der Waals surface area contributed by atoms with E-state index in [9.17, 15) is 14.0 Å². The van der Waals surface area contributed by atoms with E-state index in [1.54, 1.807) is 12.1 Å². The molecule has 0 spiro atoms. The highest BCUT2D eigenvalue weighted by atomic mass is 19.1. The summed E-state index contributed by atoms with van der Waals surface area (Å²) in [6.07, 6.45) is 0.498. The SMILES string of the molecule is CC(C)COC(=O)C(=O)CCc1ccc(F)cc1. The molecular weight excluding hydrogens is 235 g/mol. The molecule has 0 amide bonds. The van der Waals surface area contributed by atoms with Gasteiger partial charge in [0.15, 0.2) is 0 Å². The van der Waals surface area contributed by atoms with Gasteiger partial charge in [0.2, 0.25) is 5.78 Å². The lowest BCUT2D eigenvalue weighted by atomic mass is 10.1. The van der Waals surface area contributed by atoms with Gasteiger partial charge in [-0.15, -0.1) is 0 Å². The van der Waals surface area contributed by atoms with Crippen molar-refractivity contribution >= 4 is 11.8 Å². The highest BCUT2D eigenvalue weighted by molar-refractivity contribution is 6.33. The highest BCUT2D eigenvalue weighted by Gasteiger charge is 2.15. The fraction of sp³-hybridized carbons (Fsp3) is 0.429. The van der Waals surface area contributed by atoms with Gasteiger partial charge in [-0.05, 0) is 30.0 Å². The fourth-order valence-electron chi connectivity index (χ4n) is 1.33. The van der Waals surface area contributed by atoms with Crippen molar-refractivity contribution in [2.45, 2.75) is 26.7 Å². The van der Waals surface area contributed by atoms with Crippen molar-refractivity contribution in [2.75, 3.05) is 6.61 Å². The third-order valence-corrected chi connectivity index (χ3v) is 2.33. The number of esters is 1. The van der Waals surface area contributed by atoms with Gasteiger partial charge in [0.1, 0.15) is 5.82 Å². The number of aryl methyl sites for hydroxylation is 1. The first-order chi connectivity index (χ1) is 8.49. The summed E-state index contributed by atoms with van der Waals surface area (Å²) in [5, 5.41) is 0. The van der Waals surface area contributed by atoms with Crippen molar-refractivity contribution in [3.8, 4) is 0 Å². The molecule has 18 heavy (non-hydrogen) atoms. The van der Waals surface area contributed by atoms with Gasteiger partial charge in [0.05, 0.1) is 6.61 Å². The van der Waals surface area contributed by atoms with E-state index in [1.807, 2.05) is 13.8 Å². The van der Waals surface area contributed by atoms with Crippen LogP contribution in [0.15, 0.2) is 24.3 Å². The van der Waals surface area contributed by atoms with E-state index < -0.39 is 11.8 Å². The predicted molar refractivity (Wildman–Crippen MR) is 65.5 cm³/mol. The second kappa shape index (κ2) is 6.89. The van der Waals surface area contributed by atoms with E-state index in [1.165, 1.54) is 12.1 Å². The second-order valence-electron chi connectivity index (χ2n) is 4.54. The third-order valence-electron chi connectivity index (χ3n) is 2.33. The number of carbonyl (C=O) groups is 2. The predicted octanol–water partition coefficient (Wildman–Crippen LogP) is 2.53. The van der Waals surface area contributed by atoms with E-state index in [0.717, 1.165) is 5.56 Å². The Labute approximate surface area is 106 Å². The van der Waals surface area contributed by atoms with Crippen molar-refractivity contribution in [1.29, 1.82) is 0 Å². The van der Waals surface area contributed by atoms with Gasteiger partial charge in [-0.2, -0.15) is 0 Å². The molecule has 0 atom stereocenters. The van der Waals surface area contributed by atoms with Crippen LogP contribution >= 0.6 is 0 Å². The Kier molecular flexibility index (Phi) is 5.49. The Hall–Kier alpha value is -1.71. The Morgan fingerprint density at radius 3 is 2.39 bits per heavy atom. The second-order valence-corrected chi connectivity index (χ2v) is 4.54. The van der Waals surface area contributed by atoms with Crippen LogP contribution in [0, 0.1) is 11.7 Å². The molecule has 3 nitrogen and oxygen atoms in total. The van der Waals surface area contributed by atoms with E-state index >= 15 is 0 Å². The summed E-state index contributed by atoms with van der Waals surface area (Å²) >= 11 is 0. The lowest BCUT2D eigenvalue weighted by Crippen LogP contribution is -2.20. The van der Waals surface area contributed by atoms with Crippen LogP contribution in [0.1, 0.15) is 25.8 Å². The van der Waals surface area contributed by atoms with Crippen molar-refractivity contribution < 1.29 is 18.7 Å². The largest absolute Gasteiger partial charge is 0.460 e. The van der Waals surface area contributed by atoms with Crippen LogP contribution in [-0.2, 0) is 20.7 Å². The van der Waals surface area contributed by atoms with Crippen LogP contribution in [0.25, 0.3) is 0 Å². The standard InChI is InChI=1S/C14H17FO3/c1-10(2)9-18-14(17)13(16)8-5-11-3-6-12(15)7-4-11/h3-4,6-7,10H,5,8-9H2,1-2H3. The number of ether oxygens (including phenoxy) is 1. The van der Waals surface area contributed by atoms with E-state index in [2.05, 4.69) is 0 Å². The molecule has 98 valence electrons. The van der Waals surface area contributed by atoms with Crippen LogP contribution in [0.2, 0.25) is 0 Å². The normalized spacial score (nSPS) is 10.4. The molecule has 0 aliphatic rings. The van der Waals surface area contributed by atoms with Crippen LogP contribution in [0.4, 0.5) is 4.39 Å². The number of ketones is 1. The molecule has 0 bridgehead atoms. The first-order valence-electron chi connectivity index (χ1n) is 5.93. The summed E-state index contributed by atoms with van der Waals surface area (Å²) in [6, 6.07) is 5.86. The minimum absolute atomic E-state index is 0.0859. The quantitative estimate of drug-likeness (QED) is 0.577. The first-order valence-corrected chi connectivity index (χ1v) is 5.93. The molecule has 0 saturated heterocycles. The summed E-state index contributed by atoms with van der Waals surface area (Å²) < 4.78 is 17.5. The Morgan fingerprint density at radius 1 is 1.22 bits per heavy atom. The lowest BCUT2D eigenvalue weighted by molar-refractivity contribution is -0.154. The molecule has 0 aliphatic carbocycles. The Morgan fingerprint density at radius 2 is 1.83 bits per heavy atom. The topological polar surface area (TPSA) is 43.4 Å². The molecule has 0 saturated carbocycles. The molecule has 0 unspecified atom stereocenters. The summed E-state index contributed by atoms with van der Waals surface area (Å²) in [7, 11) is 0. The molecule has 1 rings (SSSR count). The van der Waals surface area contributed by atoms with Crippen LogP contribution < -0.4 is 0 Å². The number of hydrogen-bond donors (Lipinski definition) is 0. The average molecular weight is 252 g/mol. The molecule has 0 aliphatic heterocycles. The van der Waals surface area contributed by atoms with Crippen molar-refractivity contribution in [1.82, 2.24) is 0 Å². The van der Waals surface area contributed by atoms with Gasteiger partial charge >= 0.3 is 5.97 Å². The van der Waals surface area contributed by atoms with Crippen molar-refractivity contribution in [3.63, 3.8) is 0 Å². The zero-order chi connectivity index (χ0) is 13.5. The smallest absolute Gasteiger partial charge is 0.374 e. The van der Waals surface area contributed by atoms with E-state index in [-0.39, 0.29) is 24.8 Å². The summed E-state index contributed by atoms with van der Waals surface area (Å²) in [4.78, 5) is 22.7. The molecule has 0 radical (unpaired) electrons. The maximum atomic E-state index is 12.6. The summed E-state index contributed by atoms with van der Waals surface area (Å²) in [6.45, 7) is 4.05. The van der Waals surface area contributed by atoms with Gasteiger partial charge < -0.3 is 4.74 Å². The minimum Gasteiger partial charge on any atom is -0.460 e. The number of carbonyl (C=O) groups excluding carboxylic acids is 2. The summed E-state index contributed by atoms with van der Waals surface area (Å²) in [5.74, 6) is -1.44. The molecule has 1 aromatic carbocycles. The number of benzene rings is 1. The lowest BCUT2D eigenvalue weighted by Gasteiger charge is -2.06. The van der Waals surface area contributed by atoms with Gasteiger partial charge in [0, 0.05) is 6.42 Å². The van der Waals surface area contributed by atoms with Crippen molar-refractivity contribution in [2.24, 2.45) is 5.92 Å². The number of halogens is 1. The maximum Gasteiger partial charge on any atom is 0.374 e. The molecule has 0 fully saturated rings. The van der Waals surface area contributed by atoms with Crippen LogP contribution in [0.5, 0.6) is 0 Å². The average Bonchev–Trinajstić information content (AvgIpc) is 2.34. The van der Waals surface area contributed by atoms with Crippen LogP contribution in [0.3, 0.4) is 0 Å². The van der Waals surface area contributed by atoms with Gasteiger partial charge in [0.25, 0.3) is 0 Å². The van der Waals surface area contributed by atoms with E-state index in [4.69, 9.17) is 4.74 Å². The van der Waals surface area contributed by atoms with Crippen molar-refractivity contribution in [3.05, 3.63) is 35.6 Å². The molecule has 4 heteroatoms. The van der Waals surface area contributed by atoms with Crippen LogP contribution in [-0.4, -0.2) is 18.4 Å². The first kappa shape index (κ1) is 14.4. The highest BCUT2D eigenvalue weighted by Crippen LogP contribution is 2.06. The zero-order valence-corrected chi connectivity index (χ0v) is 10.6. The van der Waals surface area contributed by atoms with Gasteiger partial charge in [-0.3, -0.25) is 4.79 Å². The van der Waals surface area contributed by atoms with Gasteiger partial charge in [-0.25, -0.2) is 9.18 Å². The number of hydrogen-bond acceptors (Lipinski definition) is 3. The number of Topliss-reactive ketones (excluding diaryl/α,β-unsaturated/α-hetero) is 1. The molecular formula is C14H17FO3. The maximum absolute atomic E-state index is 12.6. The fourth-order valence-corrected chi connectivity index (χ4v) is 1.33. The Bertz CT molecular complexity index is 410. The minimum atomic E-state index is -0.786. The zero-order valence-electron chi connectivity index (χ0n) is 10.6. The summed E-state index contributed by atoms with van der Waals surface area (Å²) in [5.41, 5.74) is 0.821. The number of rotatable bonds is 6. The molecule has 1 aromatic rings. The third kappa shape index (κ3) is 5.08. The van der Waals surface area contributed by atoms with Gasteiger partial charge in [-0.1, -0.05) is 26.0 Å². The van der Waals surface area contributed by atoms with E-state index in [0.29, 0.717) is 6.42 Å². The molecule has 0 aromatic heterocycles. The molecule has 0 N–H and O–H groups in total. The molecule has 0 heterocycles. The monoisotopic (exact) mass is 252 g/mol. The Balaban J connectivity index is 2.36.